The highest BCUT2D eigenvalue weighted by molar-refractivity contribution is 5.08. The van der Waals surface area contributed by atoms with E-state index >= 15 is 0 Å². The Morgan fingerprint density at radius 1 is 0.963 bits per heavy atom. The fourth-order valence-electron chi connectivity index (χ4n) is 8.73. The molecular formula is C25H44O2. The fourth-order valence-corrected chi connectivity index (χ4v) is 8.73. The Morgan fingerprint density at radius 3 is 2.41 bits per heavy atom. The van der Waals surface area contributed by atoms with Crippen molar-refractivity contribution in [3.63, 3.8) is 0 Å². The zero-order chi connectivity index (χ0) is 19.4. The second-order valence-electron chi connectivity index (χ2n) is 11.3. The maximum atomic E-state index is 10.9. The molecule has 0 bridgehead atoms. The minimum Gasteiger partial charge on any atom is -0.390 e. The molecular weight excluding hydrogens is 332 g/mol. The standard InChI is InChI=1S/C25H44O2/c1-6-25(26)14-12-19-18(15-25)7-8-21-20(19)11-13-24(4)22(9-10-23(21)24)16(2)17(3)27-5/h16-23,26H,6-15H2,1-5H3/t16-,17-,18-,19+,20-,21-,22-,23+,24-,25-/m1/s1. The summed E-state index contributed by atoms with van der Waals surface area (Å²) in [7, 11) is 1.88. The van der Waals surface area contributed by atoms with Gasteiger partial charge in [0.1, 0.15) is 0 Å². The summed E-state index contributed by atoms with van der Waals surface area (Å²) in [4.78, 5) is 0. The van der Waals surface area contributed by atoms with E-state index in [0.29, 0.717) is 17.4 Å². The van der Waals surface area contributed by atoms with Crippen molar-refractivity contribution in [3.8, 4) is 0 Å². The van der Waals surface area contributed by atoms with E-state index in [-0.39, 0.29) is 5.60 Å². The van der Waals surface area contributed by atoms with E-state index in [1.54, 1.807) is 0 Å². The lowest BCUT2D eigenvalue weighted by atomic mass is 9.48. The first-order chi connectivity index (χ1) is 12.8. The average Bonchev–Trinajstić information content (AvgIpc) is 3.03. The van der Waals surface area contributed by atoms with Crippen molar-refractivity contribution in [1.82, 2.24) is 0 Å². The van der Waals surface area contributed by atoms with Crippen LogP contribution in [0.1, 0.15) is 91.9 Å². The number of aliphatic hydroxyl groups is 1. The quantitative estimate of drug-likeness (QED) is 0.645. The van der Waals surface area contributed by atoms with Gasteiger partial charge in [-0.2, -0.15) is 0 Å². The van der Waals surface area contributed by atoms with Crippen LogP contribution in [0.3, 0.4) is 0 Å². The summed E-state index contributed by atoms with van der Waals surface area (Å²) < 4.78 is 5.73. The highest BCUT2D eigenvalue weighted by Gasteiger charge is 2.58. The maximum absolute atomic E-state index is 10.9. The summed E-state index contributed by atoms with van der Waals surface area (Å²) in [5.41, 5.74) is 0.195. The van der Waals surface area contributed by atoms with Gasteiger partial charge in [-0.15, -0.1) is 0 Å². The third-order valence-corrected chi connectivity index (χ3v) is 10.6. The van der Waals surface area contributed by atoms with Crippen LogP contribution >= 0.6 is 0 Å². The van der Waals surface area contributed by atoms with E-state index < -0.39 is 0 Å². The van der Waals surface area contributed by atoms with Crippen LogP contribution in [0.2, 0.25) is 0 Å². The van der Waals surface area contributed by atoms with E-state index in [1.165, 1.54) is 44.9 Å². The van der Waals surface area contributed by atoms with Crippen molar-refractivity contribution in [2.75, 3.05) is 7.11 Å². The first kappa shape index (κ1) is 20.2. The number of hydrogen-bond donors (Lipinski definition) is 1. The summed E-state index contributed by atoms with van der Waals surface area (Å²) >= 11 is 0. The largest absolute Gasteiger partial charge is 0.390 e. The summed E-state index contributed by atoms with van der Waals surface area (Å²) in [5, 5.41) is 10.9. The van der Waals surface area contributed by atoms with Crippen molar-refractivity contribution in [1.29, 1.82) is 0 Å². The molecule has 27 heavy (non-hydrogen) atoms. The summed E-state index contributed by atoms with van der Waals surface area (Å²) in [5.74, 6) is 6.10. The van der Waals surface area contributed by atoms with Gasteiger partial charge in [-0.05, 0) is 118 Å². The topological polar surface area (TPSA) is 29.5 Å². The minimum atomic E-state index is -0.346. The van der Waals surface area contributed by atoms with Gasteiger partial charge in [-0.25, -0.2) is 0 Å². The Kier molecular flexibility index (Phi) is 5.47. The molecule has 4 rings (SSSR count). The van der Waals surface area contributed by atoms with Gasteiger partial charge in [0.05, 0.1) is 11.7 Å². The van der Waals surface area contributed by atoms with Crippen molar-refractivity contribution >= 4 is 0 Å². The van der Waals surface area contributed by atoms with Crippen LogP contribution in [-0.4, -0.2) is 23.9 Å². The van der Waals surface area contributed by atoms with Crippen molar-refractivity contribution in [2.24, 2.45) is 46.8 Å². The number of rotatable bonds is 4. The monoisotopic (exact) mass is 376 g/mol. The molecule has 1 N–H and O–H groups in total. The third-order valence-electron chi connectivity index (χ3n) is 10.6. The predicted octanol–water partition coefficient (Wildman–Crippen LogP) is 6.07. The molecule has 0 saturated heterocycles. The molecule has 0 heterocycles. The molecule has 0 aromatic rings. The van der Waals surface area contributed by atoms with Gasteiger partial charge in [-0.3, -0.25) is 0 Å². The molecule has 4 aliphatic carbocycles. The SMILES string of the molecule is CC[C@@]1(O)CC[C@H]2[C@H](CC[C@@H]3[C@@H]2CC[C@]2(C)[C@@H]([C@H](C)[C@@H](C)OC)CC[C@@H]32)C1. The minimum absolute atomic E-state index is 0.346. The molecule has 156 valence electrons. The van der Waals surface area contributed by atoms with Crippen LogP contribution in [0.4, 0.5) is 0 Å². The van der Waals surface area contributed by atoms with E-state index in [4.69, 9.17) is 4.74 Å². The van der Waals surface area contributed by atoms with E-state index in [9.17, 15) is 5.11 Å². The van der Waals surface area contributed by atoms with E-state index in [2.05, 4.69) is 27.7 Å². The lowest BCUT2D eigenvalue weighted by Gasteiger charge is -2.57. The van der Waals surface area contributed by atoms with Crippen LogP contribution < -0.4 is 0 Å². The second-order valence-corrected chi connectivity index (χ2v) is 11.3. The van der Waals surface area contributed by atoms with Crippen LogP contribution in [-0.2, 0) is 4.74 Å². The number of fused-ring (bicyclic) bond motifs is 5. The third kappa shape index (κ3) is 3.21. The number of methoxy groups -OCH3 is 1. The molecule has 0 spiro atoms. The van der Waals surface area contributed by atoms with Gasteiger partial charge in [0, 0.05) is 7.11 Å². The van der Waals surface area contributed by atoms with Gasteiger partial charge < -0.3 is 9.84 Å². The van der Waals surface area contributed by atoms with Crippen LogP contribution in [0.5, 0.6) is 0 Å². The Balaban J connectivity index is 1.50. The van der Waals surface area contributed by atoms with Gasteiger partial charge in [-0.1, -0.05) is 20.8 Å². The lowest BCUT2D eigenvalue weighted by molar-refractivity contribution is -0.112. The molecule has 2 nitrogen and oxygen atoms in total. The molecule has 0 aromatic carbocycles. The summed E-state index contributed by atoms with van der Waals surface area (Å²) in [6, 6.07) is 0. The maximum Gasteiger partial charge on any atom is 0.0648 e. The Bertz CT molecular complexity index is 532. The second kappa shape index (κ2) is 7.31. The van der Waals surface area contributed by atoms with Gasteiger partial charge >= 0.3 is 0 Å². The van der Waals surface area contributed by atoms with Crippen LogP contribution in [0.15, 0.2) is 0 Å². The molecule has 0 amide bonds. The van der Waals surface area contributed by atoms with Crippen LogP contribution in [0.25, 0.3) is 0 Å². The Hall–Kier alpha value is -0.0800. The molecule has 0 aliphatic heterocycles. The highest BCUT2D eigenvalue weighted by Crippen LogP contribution is 2.66. The molecule has 0 radical (unpaired) electrons. The van der Waals surface area contributed by atoms with E-state index in [0.717, 1.165) is 54.8 Å². The number of hydrogen-bond acceptors (Lipinski definition) is 2. The zero-order valence-corrected chi connectivity index (χ0v) is 18.5. The molecule has 10 atom stereocenters. The normalized spacial score (nSPS) is 51.8. The molecule has 0 aromatic heterocycles. The lowest BCUT2D eigenvalue weighted by Crippen LogP contribution is -2.51. The highest BCUT2D eigenvalue weighted by atomic mass is 16.5. The van der Waals surface area contributed by atoms with Gasteiger partial charge in [0.25, 0.3) is 0 Å². The summed E-state index contributed by atoms with van der Waals surface area (Å²) in [6.07, 6.45) is 13.3. The number of ether oxygens (including phenoxy) is 1. The Morgan fingerprint density at radius 2 is 1.70 bits per heavy atom. The zero-order valence-electron chi connectivity index (χ0n) is 18.5. The van der Waals surface area contributed by atoms with Gasteiger partial charge in [0.15, 0.2) is 0 Å². The van der Waals surface area contributed by atoms with Crippen molar-refractivity contribution in [2.45, 2.75) is 104 Å². The first-order valence-electron chi connectivity index (χ1n) is 12.1. The summed E-state index contributed by atoms with van der Waals surface area (Å²) in [6.45, 7) is 9.54. The molecule has 2 heteroatoms. The molecule has 4 saturated carbocycles. The average molecular weight is 377 g/mol. The molecule has 4 aliphatic rings. The smallest absolute Gasteiger partial charge is 0.0648 e. The Labute approximate surface area is 167 Å². The molecule has 4 fully saturated rings. The first-order valence-corrected chi connectivity index (χ1v) is 12.1. The fraction of sp³-hybridized carbons (Fsp3) is 1.00. The van der Waals surface area contributed by atoms with E-state index in [1.807, 2.05) is 7.11 Å². The predicted molar refractivity (Wildman–Crippen MR) is 111 cm³/mol. The van der Waals surface area contributed by atoms with Gasteiger partial charge in [0.2, 0.25) is 0 Å². The van der Waals surface area contributed by atoms with Crippen molar-refractivity contribution < 1.29 is 9.84 Å². The van der Waals surface area contributed by atoms with Crippen LogP contribution in [0, 0.1) is 46.8 Å². The van der Waals surface area contributed by atoms with Crippen molar-refractivity contribution in [3.05, 3.63) is 0 Å². The molecule has 0 unspecified atom stereocenters.